The van der Waals surface area contributed by atoms with Crippen molar-refractivity contribution in [1.82, 2.24) is 10.2 Å². The number of nitrogens with one attached hydrogen (secondary N) is 1. The van der Waals surface area contributed by atoms with Crippen molar-refractivity contribution < 1.29 is 0 Å². The van der Waals surface area contributed by atoms with E-state index in [0.717, 1.165) is 41.5 Å². The Hall–Kier alpha value is -0.740. The molecule has 0 atom stereocenters. The maximum atomic E-state index is 6.02. The normalized spacial score (nSPS) is 15.9. The summed E-state index contributed by atoms with van der Waals surface area (Å²) in [6, 6.07) is 5.89. The molecule has 1 aliphatic heterocycles. The fraction of sp³-hybridized carbons (Fsp3) is 0.500. The van der Waals surface area contributed by atoms with Gasteiger partial charge in [0.05, 0.1) is 0 Å². The number of rotatable bonds is 3. The van der Waals surface area contributed by atoms with E-state index < -0.39 is 0 Å². The van der Waals surface area contributed by atoms with Gasteiger partial charge in [0.1, 0.15) is 0 Å². The third kappa shape index (κ3) is 4.11. The van der Waals surface area contributed by atoms with Crippen LogP contribution in [-0.4, -0.2) is 37.5 Å². The van der Waals surface area contributed by atoms with Crippen molar-refractivity contribution in [3.8, 4) is 0 Å². The summed E-state index contributed by atoms with van der Waals surface area (Å²) in [6.45, 7) is 3.09. The average molecular weight is 345 g/mol. The van der Waals surface area contributed by atoms with E-state index >= 15 is 0 Å². The second-order valence-electron chi connectivity index (χ2n) is 4.65. The van der Waals surface area contributed by atoms with Crippen LogP contribution in [0.3, 0.4) is 0 Å². The zero-order chi connectivity index (χ0) is 13.7. The topological polar surface area (TPSA) is 27.6 Å². The maximum absolute atomic E-state index is 6.02. The summed E-state index contributed by atoms with van der Waals surface area (Å²) in [6.07, 6.45) is 3.45. The lowest BCUT2D eigenvalue weighted by Gasteiger charge is -2.20. The molecule has 19 heavy (non-hydrogen) atoms. The number of aliphatic imine (C=N–C) groups is 1. The van der Waals surface area contributed by atoms with Gasteiger partial charge in [0.15, 0.2) is 5.96 Å². The zero-order valence-electron chi connectivity index (χ0n) is 11.1. The smallest absolute Gasteiger partial charge is 0.193 e. The molecule has 104 valence electrons. The average Bonchev–Trinajstić information content (AvgIpc) is 2.92. The highest BCUT2D eigenvalue weighted by Crippen LogP contribution is 2.21. The monoisotopic (exact) mass is 343 g/mol. The van der Waals surface area contributed by atoms with Gasteiger partial charge in [-0.2, -0.15) is 0 Å². The first kappa shape index (κ1) is 14.7. The quantitative estimate of drug-likeness (QED) is 0.673. The summed E-state index contributed by atoms with van der Waals surface area (Å²) in [5.41, 5.74) is 1.22. The molecule has 1 saturated heterocycles. The summed E-state index contributed by atoms with van der Waals surface area (Å²) in [4.78, 5) is 6.65. The minimum atomic E-state index is 0.780. The van der Waals surface area contributed by atoms with Crippen molar-refractivity contribution in [2.75, 3.05) is 26.7 Å². The molecule has 0 aliphatic carbocycles. The number of nitrogens with zero attached hydrogens (tertiary/aromatic N) is 2. The van der Waals surface area contributed by atoms with Crippen LogP contribution in [-0.2, 0) is 6.42 Å². The van der Waals surface area contributed by atoms with E-state index in [2.05, 4.69) is 31.1 Å². The molecule has 0 radical (unpaired) electrons. The SMILES string of the molecule is CN=C(NCCc1cc(Cl)ccc1Br)N1CCCC1. The van der Waals surface area contributed by atoms with Crippen LogP contribution in [0, 0.1) is 0 Å². The highest BCUT2D eigenvalue weighted by molar-refractivity contribution is 9.10. The summed E-state index contributed by atoms with van der Waals surface area (Å²) in [5, 5.41) is 4.20. The lowest BCUT2D eigenvalue weighted by molar-refractivity contribution is 0.494. The second-order valence-corrected chi connectivity index (χ2v) is 5.94. The molecule has 0 amide bonds. The van der Waals surface area contributed by atoms with E-state index in [1.807, 2.05) is 25.2 Å². The van der Waals surface area contributed by atoms with Crippen molar-refractivity contribution >= 4 is 33.5 Å². The van der Waals surface area contributed by atoms with Crippen LogP contribution in [0.5, 0.6) is 0 Å². The number of hydrogen-bond donors (Lipinski definition) is 1. The molecular formula is C14H19BrClN3. The third-order valence-corrected chi connectivity index (χ3v) is 4.31. The molecule has 1 fully saturated rings. The Kier molecular flexibility index (Phi) is 5.52. The molecule has 1 aromatic carbocycles. The molecule has 3 nitrogen and oxygen atoms in total. The molecule has 0 aromatic heterocycles. The van der Waals surface area contributed by atoms with Gasteiger partial charge in [-0.15, -0.1) is 0 Å². The van der Waals surface area contributed by atoms with Gasteiger partial charge in [0.2, 0.25) is 0 Å². The van der Waals surface area contributed by atoms with Gasteiger partial charge in [-0.05, 0) is 43.0 Å². The summed E-state index contributed by atoms with van der Waals surface area (Å²) in [5.74, 6) is 1.01. The second kappa shape index (κ2) is 7.15. The zero-order valence-corrected chi connectivity index (χ0v) is 13.5. The molecule has 1 aromatic rings. The minimum absolute atomic E-state index is 0.780. The van der Waals surface area contributed by atoms with Crippen LogP contribution in [0.1, 0.15) is 18.4 Å². The molecule has 1 aliphatic rings. The molecule has 1 heterocycles. The van der Waals surface area contributed by atoms with Crippen molar-refractivity contribution in [3.63, 3.8) is 0 Å². The first-order chi connectivity index (χ1) is 9.20. The molecule has 0 bridgehead atoms. The number of benzene rings is 1. The van der Waals surface area contributed by atoms with Crippen LogP contribution < -0.4 is 5.32 Å². The van der Waals surface area contributed by atoms with E-state index in [9.17, 15) is 0 Å². The Morgan fingerprint density at radius 3 is 2.84 bits per heavy atom. The van der Waals surface area contributed by atoms with E-state index in [4.69, 9.17) is 11.6 Å². The Bertz CT molecular complexity index is 456. The summed E-state index contributed by atoms with van der Waals surface area (Å²) < 4.78 is 1.11. The molecular weight excluding hydrogens is 326 g/mol. The van der Waals surface area contributed by atoms with Gasteiger partial charge < -0.3 is 10.2 Å². The molecule has 0 unspecified atom stereocenters. The van der Waals surface area contributed by atoms with Gasteiger partial charge in [-0.1, -0.05) is 27.5 Å². The van der Waals surface area contributed by atoms with Crippen molar-refractivity contribution in [2.45, 2.75) is 19.3 Å². The van der Waals surface area contributed by atoms with Gasteiger partial charge in [-0.25, -0.2) is 0 Å². The van der Waals surface area contributed by atoms with Crippen LogP contribution in [0.2, 0.25) is 5.02 Å². The van der Waals surface area contributed by atoms with Crippen molar-refractivity contribution in [2.24, 2.45) is 4.99 Å². The number of likely N-dealkylation sites (tertiary alicyclic amines) is 1. The van der Waals surface area contributed by atoms with Crippen molar-refractivity contribution in [3.05, 3.63) is 33.3 Å². The lowest BCUT2D eigenvalue weighted by Crippen LogP contribution is -2.40. The Morgan fingerprint density at radius 1 is 1.42 bits per heavy atom. The fourth-order valence-electron chi connectivity index (χ4n) is 2.31. The maximum Gasteiger partial charge on any atom is 0.193 e. The van der Waals surface area contributed by atoms with E-state index in [0.29, 0.717) is 0 Å². The third-order valence-electron chi connectivity index (χ3n) is 3.30. The summed E-state index contributed by atoms with van der Waals surface area (Å²) >= 11 is 9.57. The fourth-order valence-corrected chi connectivity index (χ4v) is 2.94. The highest BCUT2D eigenvalue weighted by Gasteiger charge is 2.15. The van der Waals surface area contributed by atoms with Gasteiger partial charge in [0, 0.05) is 36.2 Å². The van der Waals surface area contributed by atoms with Crippen LogP contribution in [0.15, 0.2) is 27.7 Å². The van der Waals surface area contributed by atoms with Crippen LogP contribution >= 0.6 is 27.5 Å². The lowest BCUT2D eigenvalue weighted by atomic mass is 10.1. The molecule has 2 rings (SSSR count). The molecule has 1 N–H and O–H groups in total. The molecule has 5 heteroatoms. The van der Waals surface area contributed by atoms with Crippen LogP contribution in [0.4, 0.5) is 0 Å². The predicted octanol–water partition coefficient (Wildman–Crippen LogP) is 3.32. The molecule has 0 spiro atoms. The molecule has 0 saturated carbocycles. The number of guanidine groups is 1. The highest BCUT2D eigenvalue weighted by atomic mass is 79.9. The largest absolute Gasteiger partial charge is 0.356 e. The van der Waals surface area contributed by atoms with Gasteiger partial charge in [0.25, 0.3) is 0 Å². The minimum Gasteiger partial charge on any atom is -0.356 e. The standard InChI is InChI=1S/C14H19BrClN3/c1-17-14(19-8-2-3-9-19)18-7-6-11-10-12(16)4-5-13(11)15/h4-5,10H,2-3,6-9H2,1H3,(H,17,18). The van der Waals surface area contributed by atoms with Gasteiger partial charge in [-0.3, -0.25) is 4.99 Å². The Balaban J connectivity index is 1.86. The number of halogens is 2. The number of hydrogen-bond acceptors (Lipinski definition) is 1. The van der Waals surface area contributed by atoms with E-state index in [1.165, 1.54) is 18.4 Å². The van der Waals surface area contributed by atoms with E-state index in [1.54, 1.807) is 0 Å². The first-order valence-corrected chi connectivity index (χ1v) is 7.77. The van der Waals surface area contributed by atoms with Crippen LogP contribution in [0.25, 0.3) is 0 Å². The Labute approximate surface area is 128 Å². The Morgan fingerprint density at radius 2 is 2.16 bits per heavy atom. The predicted molar refractivity (Wildman–Crippen MR) is 85.0 cm³/mol. The first-order valence-electron chi connectivity index (χ1n) is 6.60. The summed E-state index contributed by atoms with van der Waals surface area (Å²) in [7, 11) is 1.84. The van der Waals surface area contributed by atoms with E-state index in [-0.39, 0.29) is 0 Å². The van der Waals surface area contributed by atoms with Crippen molar-refractivity contribution in [1.29, 1.82) is 0 Å². The van der Waals surface area contributed by atoms with Gasteiger partial charge >= 0.3 is 0 Å².